The molecular formula is C18H13N3OS. The molecule has 4 rings (SSSR count). The Balaban J connectivity index is 1.78. The van der Waals surface area contributed by atoms with Gasteiger partial charge in [-0.05, 0) is 53.3 Å². The summed E-state index contributed by atoms with van der Waals surface area (Å²) in [5.41, 5.74) is 2.40. The van der Waals surface area contributed by atoms with Gasteiger partial charge in [-0.15, -0.1) is 0 Å². The second-order valence-corrected chi connectivity index (χ2v) is 5.71. The molecule has 0 unspecified atom stereocenters. The van der Waals surface area contributed by atoms with Gasteiger partial charge in [0, 0.05) is 17.6 Å². The summed E-state index contributed by atoms with van der Waals surface area (Å²) in [4.78, 5) is 11.8. The first-order chi connectivity index (χ1) is 11.2. The second-order valence-electron chi connectivity index (χ2n) is 5.30. The molecule has 23 heavy (non-hydrogen) atoms. The van der Waals surface area contributed by atoms with Gasteiger partial charge in [0.25, 0.3) is 5.91 Å². The van der Waals surface area contributed by atoms with E-state index in [2.05, 4.69) is 41.0 Å². The van der Waals surface area contributed by atoms with E-state index >= 15 is 0 Å². The van der Waals surface area contributed by atoms with E-state index < -0.39 is 0 Å². The van der Waals surface area contributed by atoms with Crippen molar-refractivity contribution in [3.63, 3.8) is 0 Å². The number of carbonyl (C=O) groups is 1. The van der Waals surface area contributed by atoms with Crippen LogP contribution in [-0.2, 0) is 4.79 Å². The van der Waals surface area contributed by atoms with Crippen LogP contribution in [0, 0.1) is 0 Å². The highest BCUT2D eigenvalue weighted by atomic mass is 32.1. The van der Waals surface area contributed by atoms with Crippen molar-refractivity contribution < 1.29 is 4.79 Å². The Morgan fingerprint density at radius 1 is 0.957 bits per heavy atom. The highest BCUT2D eigenvalue weighted by Gasteiger charge is 2.20. The molecule has 2 aromatic carbocycles. The normalized spacial score (nSPS) is 15.9. The third-order valence-corrected chi connectivity index (χ3v) is 4.01. The van der Waals surface area contributed by atoms with Crippen molar-refractivity contribution in [1.29, 1.82) is 0 Å². The number of benzene rings is 2. The molecule has 2 heterocycles. The molecule has 0 bridgehead atoms. The summed E-state index contributed by atoms with van der Waals surface area (Å²) in [7, 11) is 0. The highest BCUT2D eigenvalue weighted by Crippen LogP contribution is 2.21. The molecular weight excluding hydrogens is 306 g/mol. The minimum Gasteiger partial charge on any atom is -0.328 e. The van der Waals surface area contributed by atoms with Crippen molar-refractivity contribution in [2.75, 3.05) is 0 Å². The van der Waals surface area contributed by atoms with Gasteiger partial charge in [0.2, 0.25) is 0 Å². The van der Waals surface area contributed by atoms with Crippen LogP contribution in [0.2, 0.25) is 0 Å². The molecule has 0 atom stereocenters. The Kier molecular flexibility index (Phi) is 3.20. The van der Waals surface area contributed by atoms with Gasteiger partial charge in [-0.2, -0.15) is 0 Å². The molecule has 112 valence electrons. The molecule has 1 aliphatic rings. The lowest BCUT2D eigenvalue weighted by Crippen LogP contribution is -2.21. The Bertz CT molecular complexity index is 971. The zero-order valence-corrected chi connectivity index (χ0v) is 12.9. The smallest absolute Gasteiger partial charge is 0.273 e. The number of aromatic nitrogens is 1. The maximum Gasteiger partial charge on any atom is 0.273 e. The standard InChI is InChI=1S/C18H13N3OS/c22-17-16(19-18(23)20-17)11-14-6-3-9-21(14)15-8-7-12-4-1-2-5-13(12)10-15/h1-11H,(H2,19,20,22,23)/b16-11+. The van der Waals surface area contributed by atoms with Gasteiger partial charge >= 0.3 is 0 Å². The van der Waals surface area contributed by atoms with Crippen LogP contribution in [0.4, 0.5) is 0 Å². The van der Waals surface area contributed by atoms with E-state index in [0.717, 1.165) is 11.4 Å². The minimum absolute atomic E-state index is 0.207. The maximum absolute atomic E-state index is 11.8. The van der Waals surface area contributed by atoms with E-state index in [1.165, 1.54) is 10.8 Å². The van der Waals surface area contributed by atoms with Gasteiger partial charge in [-0.1, -0.05) is 30.3 Å². The van der Waals surface area contributed by atoms with Crippen LogP contribution >= 0.6 is 12.2 Å². The zero-order chi connectivity index (χ0) is 15.8. The molecule has 0 radical (unpaired) electrons. The molecule has 4 nitrogen and oxygen atoms in total. The number of fused-ring (bicyclic) bond motifs is 1. The molecule has 2 N–H and O–H groups in total. The van der Waals surface area contributed by atoms with Gasteiger partial charge in [-0.3, -0.25) is 10.1 Å². The van der Waals surface area contributed by atoms with Crippen LogP contribution in [0.25, 0.3) is 22.5 Å². The van der Waals surface area contributed by atoms with Crippen molar-refractivity contribution in [1.82, 2.24) is 15.2 Å². The summed E-state index contributed by atoms with van der Waals surface area (Å²) in [6.07, 6.45) is 3.77. The Hall–Kier alpha value is -2.92. The molecule has 0 aliphatic carbocycles. The lowest BCUT2D eigenvalue weighted by atomic mass is 10.1. The summed E-state index contributed by atoms with van der Waals surface area (Å²) in [6.45, 7) is 0. The van der Waals surface area contributed by atoms with Crippen LogP contribution in [-0.4, -0.2) is 15.6 Å². The van der Waals surface area contributed by atoms with Gasteiger partial charge in [0.15, 0.2) is 5.11 Å². The Morgan fingerprint density at radius 2 is 1.78 bits per heavy atom. The number of amides is 1. The van der Waals surface area contributed by atoms with Crippen LogP contribution in [0.5, 0.6) is 0 Å². The molecule has 1 amide bonds. The van der Waals surface area contributed by atoms with Crippen LogP contribution in [0.3, 0.4) is 0 Å². The number of nitrogens with zero attached hydrogens (tertiary/aromatic N) is 1. The highest BCUT2D eigenvalue weighted by molar-refractivity contribution is 7.80. The second kappa shape index (κ2) is 5.37. The summed E-state index contributed by atoms with van der Waals surface area (Å²) in [6, 6.07) is 18.4. The fraction of sp³-hybridized carbons (Fsp3) is 0. The SMILES string of the molecule is O=C1NC(=S)N/C1=C/c1cccn1-c1ccc2ccccc2c1. The predicted molar refractivity (Wildman–Crippen MR) is 95.1 cm³/mol. The van der Waals surface area contributed by atoms with Crippen molar-refractivity contribution >= 4 is 40.1 Å². The Labute approximate surface area is 138 Å². The third kappa shape index (κ3) is 2.51. The van der Waals surface area contributed by atoms with Crippen LogP contribution < -0.4 is 10.6 Å². The van der Waals surface area contributed by atoms with E-state index in [4.69, 9.17) is 12.2 Å². The summed E-state index contributed by atoms with van der Waals surface area (Å²) < 4.78 is 2.04. The molecule has 1 fully saturated rings. The predicted octanol–water partition coefficient (Wildman–Crippen LogP) is 2.98. The number of hydrogen-bond donors (Lipinski definition) is 2. The van der Waals surface area contributed by atoms with E-state index in [-0.39, 0.29) is 5.91 Å². The number of thiocarbonyl (C=S) groups is 1. The first-order valence-corrected chi connectivity index (χ1v) is 7.62. The zero-order valence-electron chi connectivity index (χ0n) is 12.1. The molecule has 0 saturated carbocycles. The molecule has 5 heteroatoms. The maximum atomic E-state index is 11.8. The monoisotopic (exact) mass is 319 g/mol. The minimum atomic E-state index is -0.207. The first kappa shape index (κ1) is 13.7. The number of hydrogen-bond acceptors (Lipinski definition) is 2. The summed E-state index contributed by atoms with van der Waals surface area (Å²) in [5, 5.41) is 8.15. The summed E-state index contributed by atoms with van der Waals surface area (Å²) >= 11 is 4.96. The van der Waals surface area contributed by atoms with Gasteiger partial charge in [0.05, 0.1) is 0 Å². The van der Waals surface area contributed by atoms with Crippen LogP contribution in [0.15, 0.2) is 66.5 Å². The van der Waals surface area contributed by atoms with Crippen molar-refractivity contribution in [2.24, 2.45) is 0 Å². The molecule has 1 saturated heterocycles. The van der Waals surface area contributed by atoms with Crippen molar-refractivity contribution in [2.45, 2.75) is 0 Å². The van der Waals surface area contributed by atoms with Crippen molar-refractivity contribution in [3.8, 4) is 5.69 Å². The molecule has 3 aromatic rings. The van der Waals surface area contributed by atoms with Crippen LogP contribution in [0.1, 0.15) is 5.69 Å². The number of carbonyl (C=O) groups excluding carboxylic acids is 1. The fourth-order valence-electron chi connectivity index (χ4n) is 2.70. The summed E-state index contributed by atoms with van der Waals surface area (Å²) in [5.74, 6) is -0.207. The number of rotatable bonds is 2. The fourth-order valence-corrected chi connectivity index (χ4v) is 2.91. The van der Waals surface area contributed by atoms with Gasteiger partial charge in [0.1, 0.15) is 5.70 Å². The van der Waals surface area contributed by atoms with E-state index in [1.54, 1.807) is 6.08 Å². The molecule has 1 aromatic heterocycles. The van der Waals surface area contributed by atoms with Gasteiger partial charge < -0.3 is 9.88 Å². The lowest BCUT2D eigenvalue weighted by Gasteiger charge is -2.08. The van der Waals surface area contributed by atoms with E-state index in [9.17, 15) is 4.79 Å². The van der Waals surface area contributed by atoms with E-state index in [1.807, 2.05) is 35.0 Å². The Morgan fingerprint density at radius 3 is 2.57 bits per heavy atom. The van der Waals surface area contributed by atoms with Crippen molar-refractivity contribution in [3.05, 3.63) is 72.2 Å². The average molecular weight is 319 g/mol. The topological polar surface area (TPSA) is 46.1 Å². The molecule has 0 spiro atoms. The largest absolute Gasteiger partial charge is 0.328 e. The lowest BCUT2D eigenvalue weighted by molar-refractivity contribution is -0.115. The molecule has 1 aliphatic heterocycles. The average Bonchev–Trinajstić information content (AvgIpc) is 3.14. The number of nitrogens with one attached hydrogen (secondary N) is 2. The third-order valence-electron chi connectivity index (χ3n) is 3.80. The quantitative estimate of drug-likeness (QED) is 0.564. The first-order valence-electron chi connectivity index (χ1n) is 7.21. The van der Waals surface area contributed by atoms with Gasteiger partial charge in [-0.25, -0.2) is 0 Å². The van der Waals surface area contributed by atoms with E-state index in [0.29, 0.717) is 10.8 Å².